The van der Waals surface area contributed by atoms with Crippen molar-refractivity contribution in [2.75, 3.05) is 13.7 Å². The molecule has 1 aliphatic rings. The van der Waals surface area contributed by atoms with Gasteiger partial charge in [0, 0.05) is 11.6 Å². The molecule has 1 aliphatic heterocycles. The number of aromatic nitrogens is 2. The summed E-state index contributed by atoms with van der Waals surface area (Å²) < 4.78 is 12.7. The highest BCUT2D eigenvalue weighted by atomic mass is 35.5. The minimum Gasteiger partial charge on any atom is -0.493 e. The topological polar surface area (TPSA) is 53.4 Å². The Morgan fingerprint density at radius 3 is 2.85 bits per heavy atom. The Balaban J connectivity index is 1.80. The van der Waals surface area contributed by atoms with Crippen LogP contribution in [0.3, 0.4) is 0 Å². The monoisotopic (exact) mass is 382 g/mol. The van der Waals surface area contributed by atoms with Gasteiger partial charge in [-0.2, -0.15) is 0 Å². The first-order valence-electron chi connectivity index (χ1n) is 8.82. The summed E-state index contributed by atoms with van der Waals surface area (Å²) in [5.74, 6) is 2.11. The molecule has 3 aromatic rings. The molecular weight excluding hydrogens is 364 g/mol. The van der Waals surface area contributed by atoms with E-state index in [0.29, 0.717) is 46.4 Å². The molecular formula is C21H19ClN2O3. The summed E-state index contributed by atoms with van der Waals surface area (Å²) in [6.07, 6.45) is 2.80. The first-order valence-corrected chi connectivity index (χ1v) is 9.20. The van der Waals surface area contributed by atoms with Crippen molar-refractivity contribution in [3.63, 3.8) is 0 Å². The second-order valence-electron chi connectivity index (χ2n) is 6.32. The molecule has 0 amide bonds. The number of allylic oxidation sites excluding steroid dienone is 1. The van der Waals surface area contributed by atoms with Crippen LogP contribution in [0.25, 0.3) is 22.6 Å². The molecule has 0 atom stereocenters. The Bertz CT molecular complexity index is 1120. The van der Waals surface area contributed by atoms with Crippen molar-refractivity contribution in [1.29, 1.82) is 0 Å². The zero-order valence-corrected chi connectivity index (χ0v) is 15.9. The number of halogens is 1. The number of fused-ring (bicyclic) bond motifs is 2. The lowest BCUT2D eigenvalue weighted by molar-refractivity contribution is 0.311. The van der Waals surface area contributed by atoms with E-state index >= 15 is 0 Å². The number of methoxy groups -OCH3 is 1. The normalized spacial score (nSPS) is 14.6. The highest BCUT2D eigenvalue weighted by Gasteiger charge is 2.21. The summed E-state index contributed by atoms with van der Waals surface area (Å²) >= 11 is 6.03. The molecule has 0 spiro atoms. The highest BCUT2D eigenvalue weighted by Crippen LogP contribution is 2.32. The molecule has 0 fully saturated rings. The van der Waals surface area contributed by atoms with Crippen molar-refractivity contribution in [3.05, 3.63) is 63.2 Å². The number of ether oxygens (including phenoxy) is 2. The molecule has 6 heteroatoms. The maximum atomic E-state index is 12.8. The van der Waals surface area contributed by atoms with Crippen molar-refractivity contribution < 1.29 is 9.47 Å². The Morgan fingerprint density at radius 2 is 2.07 bits per heavy atom. The fraction of sp³-hybridized carbons (Fsp3) is 0.238. The standard InChI is InChI=1S/C21H19ClN2O3/c1-3-27-19-11-13(4-7-18(19)26-2)10-14-8-9-24-20(14)23-17-6-5-15(22)12-16(17)21(24)25/h4-7,10-12H,3,8-9H2,1-2H3. The largest absolute Gasteiger partial charge is 0.493 e. The van der Waals surface area contributed by atoms with Crippen LogP contribution in [0.2, 0.25) is 5.02 Å². The van der Waals surface area contributed by atoms with Gasteiger partial charge in [-0.05, 0) is 60.9 Å². The van der Waals surface area contributed by atoms with E-state index in [9.17, 15) is 4.79 Å². The van der Waals surface area contributed by atoms with Gasteiger partial charge in [-0.3, -0.25) is 9.36 Å². The van der Waals surface area contributed by atoms with Crippen LogP contribution in [0, 0.1) is 0 Å². The zero-order chi connectivity index (χ0) is 19.0. The quantitative estimate of drug-likeness (QED) is 0.671. The van der Waals surface area contributed by atoms with Gasteiger partial charge in [-0.25, -0.2) is 4.98 Å². The minimum atomic E-state index is -0.0503. The van der Waals surface area contributed by atoms with E-state index < -0.39 is 0 Å². The van der Waals surface area contributed by atoms with Gasteiger partial charge >= 0.3 is 0 Å². The summed E-state index contributed by atoms with van der Waals surface area (Å²) in [6, 6.07) is 11.0. The van der Waals surface area contributed by atoms with E-state index in [0.717, 1.165) is 17.6 Å². The predicted octanol–water partition coefficient (Wildman–Crippen LogP) is 4.40. The zero-order valence-electron chi connectivity index (χ0n) is 15.2. The Hall–Kier alpha value is -2.79. The predicted molar refractivity (Wildman–Crippen MR) is 108 cm³/mol. The minimum absolute atomic E-state index is 0.0503. The van der Waals surface area contributed by atoms with Crippen LogP contribution in [0.1, 0.15) is 24.7 Å². The van der Waals surface area contributed by atoms with Gasteiger partial charge in [0.15, 0.2) is 11.5 Å². The molecule has 0 radical (unpaired) electrons. The molecule has 0 aliphatic carbocycles. The second kappa shape index (κ2) is 7.08. The highest BCUT2D eigenvalue weighted by molar-refractivity contribution is 6.31. The molecule has 0 saturated carbocycles. The maximum Gasteiger partial charge on any atom is 0.261 e. The van der Waals surface area contributed by atoms with Crippen LogP contribution < -0.4 is 15.0 Å². The van der Waals surface area contributed by atoms with Crippen LogP contribution in [0.15, 0.2) is 41.2 Å². The lowest BCUT2D eigenvalue weighted by atomic mass is 10.1. The lowest BCUT2D eigenvalue weighted by Gasteiger charge is -2.10. The summed E-state index contributed by atoms with van der Waals surface area (Å²) in [7, 11) is 1.62. The van der Waals surface area contributed by atoms with E-state index in [2.05, 4.69) is 6.08 Å². The summed E-state index contributed by atoms with van der Waals surface area (Å²) in [6.45, 7) is 3.11. The Labute approximate surface area is 161 Å². The number of hydrogen-bond acceptors (Lipinski definition) is 4. The second-order valence-corrected chi connectivity index (χ2v) is 6.75. The third-order valence-electron chi connectivity index (χ3n) is 4.64. The molecule has 4 rings (SSSR count). The third-order valence-corrected chi connectivity index (χ3v) is 4.87. The SMILES string of the molecule is CCOc1cc(C=C2CCn3c2nc2ccc(Cl)cc2c3=O)ccc1OC. The van der Waals surface area contributed by atoms with E-state index in [4.69, 9.17) is 26.1 Å². The van der Waals surface area contributed by atoms with Crippen LogP contribution >= 0.6 is 11.6 Å². The molecule has 1 aromatic heterocycles. The fourth-order valence-corrected chi connectivity index (χ4v) is 3.55. The average Bonchev–Trinajstić information content (AvgIpc) is 3.06. The van der Waals surface area contributed by atoms with Crippen LogP contribution in [0.5, 0.6) is 11.5 Å². The molecule has 27 heavy (non-hydrogen) atoms. The first-order chi connectivity index (χ1) is 13.1. The van der Waals surface area contributed by atoms with Crippen molar-refractivity contribution >= 4 is 34.2 Å². The molecule has 0 saturated heterocycles. The molecule has 0 unspecified atom stereocenters. The van der Waals surface area contributed by atoms with Gasteiger partial charge in [0.05, 0.1) is 24.6 Å². The van der Waals surface area contributed by atoms with Gasteiger partial charge in [0.1, 0.15) is 5.82 Å². The van der Waals surface area contributed by atoms with E-state index in [1.165, 1.54) is 0 Å². The first kappa shape index (κ1) is 17.6. The van der Waals surface area contributed by atoms with Gasteiger partial charge in [0.2, 0.25) is 0 Å². The van der Waals surface area contributed by atoms with Gasteiger partial charge in [-0.1, -0.05) is 17.7 Å². The molecule has 138 valence electrons. The molecule has 0 N–H and O–H groups in total. The number of rotatable bonds is 4. The average molecular weight is 383 g/mol. The molecule has 5 nitrogen and oxygen atoms in total. The Kier molecular flexibility index (Phi) is 4.62. The van der Waals surface area contributed by atoms with Crippen molar-refractivity contribution in [3.8, 4) is 11.5 Å². The summed E-state index contributed by atoms with van der Waals surface area (Å²) in [5, 5.41) is 1.09. The van der Waals surface area contributed by atoms with E-state index in [1.54, 1.807) is 29.9 Å². The lowest BCUT2D eigenvalue weighted by Crippen LogP contribution is -2.20. The smallest absolute Gasteiger partial charge is 0.261 e. The van der Waals surface area contributed by atoms with Crippen LogP contribution in [0.4, 0.5) is 0 Å². The Morgan fingerprint density at radius 1 is 1.22 bits per heavy atom. The molecule has 2 aromatic carbocycles. The van der Waals surface area contributed by atoms with Crippen molar-refractivity contribution in [1.82, 2.24) is 9.55 Å². The van der Waals surface area contributed by atoms with E-state index in [1.807, 2.05) is 25.1 Å². The van der Waals surface area contributed by atoms with Gasteiger partial charge in [0.25, 0.3) is 5.56 Å². The fourth-order valence-electron chi connectivity index (χ4n) is 3.38. The molecule has 0 bridgehead atoms. The van der Waals surface area contributed by atoms with Crippen molar-refractivity contribution in [2.45, 2.75) is 19.9 Å². The number of hydrogen-bond donors (Lipinski definition) is 0. The number of benzene rings is 2. The van der Waals surface area contributed by atoms with Crippen LogP contribution in [-0.4, -0.2) is 23.3 Å². The van der Waals surface area contributed by atoms with Gasteiger partial charge in [-0.15, -0.1) is 0 Å². The maximum absolute atomic E-state index is 12.8. The van der Waals surface area contributed by atoms with E-state index in [-0.39, 0.29) is 5.56 Å². The number of nitrogens with zero attached hydrogens (tertiary/aromatic N) is 2. The summed E-state index contributed by atoms with van der Waals surface area (Å²) in [5.41, 5.74) is 2.61. The molecule has 2 heterocycles. The summed E-state index contributed by atoms with van der Waals surface area (Å²) in [4.78, 5) is 17.5. The van der Waals surface area contributed by atoms with Crippen molar-refractivity contribution in [2.24, 2.45) is 0 Å². The van der Waals surface area contributed by atoms with Gasteiger partial charge < -0.3 is 9.47 Å². The third kappa shape index (κ3) is 3.19. The van der Waals surface area contributed by atoms with Crippen LogP contribution in [-0.2, 0) is 6.54 Å².